The molecule has 0 aliphatic heterocycles. The molecule has 0 aromatic heterocycles. The largest absolute Gasteiger partial charge is 0.478 e. The molecule has 0 saturated heterocycles. The highest BCUT2D eigenvalue weighted by Crippen LogP contribution is 2.29. The second-order valence-electron chi connectivity index (χ2n) is 4.97. The summed E-state index contributed by atoms with van der Waals surface area (Å²) in [6.07, 6.45) is 6.93. The van der Waals surface area contributed by atoms with Crippen LogP contribution in [0, 0.1) is 0 Å². The van der Waals surface area contributed by atoms with Crippen molar-refractivity contribution in [2.24, 2.45) is 0 Å². The molecule has 2 unspecified atom stereocenters. The van der Waals surface area contributed by atoms with Gasteiger partial charge in [0.2, 0.25) is 0 Å². The number of hydrogen-bond acceptors (Lipinski definition) is 4. The van der Waals surface area contributed by atoms with E-state index in [1.165, 1.54) is 12.8 Å². The first-order valence-electron chi connectivity index (χ1n) is 6.52. The maximum Gasteiger partial charge on any atom is 0.337 e. The van der Waals surface area contributed by atoms with E-state index in [1.54, 1.807) is 12.1 Å². The summed E-state index contributed by atoms with van der Waals surface area (Å²) in [6.45, 7) is 0. The van der Waals surface area contributed by atoms with Crippen molar-refractivity contribution in [2.45, 2.75) is 37.0 Å². The van der Waals surface area contributed by atoms with Gasteiger partial charge < -0.3 is 16.2 Å². The molecule has 19 heavy (non-hydrogen) atoms. The van der Waals surface area contributed by atoms with Gasteiger partial charge in [-0.3, -0.25) is 0 Å². The van der Waals surface area contributed by atoms with E-state index in [0.29, 0.717) is 17.0 Å². The van der Waals surface area contributed by atoms with E-state index in [1.807, 2.05) is 17.8 Å². The molecular weight excluding hydrogens is 260 g/mol. The van der Waals surface area contributed by atoms with Crippen LogP contribution in [0.1, 0.15) is 36.0 Å². The number of hydrogen-bond donors (Lipinski definition) is 3. The quantitative estimate of drug-likeness (QED) is 0.739. The van der Waals surface area contributed by atoms with E-state index in [2.05, 4.69) is 11.6 Å². The number of carboxylic acids is 1. The van der Waals surface area contributed by atoms with Gasteiger partial charge in [-0.2, -0.15) is 11.8 Å². The zero-order valence-electron chi connectivity index (χ0n) is 11.1. The van der Waals surface area contributed by atoms with Gasteiger partial charge in [0.1, 0.15) is 0 Å². The summed E-state index contributed by atoms with van der Waals surface area (Å²) in [5.74, 6) is -0.980. The minimum atomic E-state index is -0.980. The van der Waals surface area contributed by atoms with Gasteiger partial charge in [0.05, 0.1) is 5.56 Å². The van der Waals surface area contributed by atoms with Crippen molar-refractivity contribution in [1.82, 2.24) is 0 Å². The lowest BCUT2D eigenvalue weighted by Crippen LogP contribution is -2.28. The van der Waals surface area contributed by atoms with Crippen LogP contribution in [0.25, 0.3) is 0 Å². The van der Waals surface area contributed by atoms with Crippen LogP contribution in [-0.2, 0) is 0 Å². The van der Waals surface area contributed by atoms with E-state index in [0.717, 1.165) is 18.5 Å². The average molecular weight is 280 g/mol. The zero-order chi connectivity index (χ0) is 13.8. The standard InChI is InChI=1S/C14H20N2O2S/c1-19-11-4-2-3-9(7-11)16-10-5-6-13(15)12(8-10)14(17)18/h5-6,8-9,11,16H,2-4,7,15H2,1H3,(H,17,18). The zero-order valence-corrected chi connectivity index (χ0v) is 11.9. The Balaban J connectivity index is 2.06. The molecule has 2 atom stereocenters. The number of thioether (sulfide) groups is 1. The van der Waals surface area contributed by atoms with Crippen molar-refractivity contribution >= 4 is 29.1 Å². The molecule has 0 radical (unpaired) electrons. The van der Waals surface area contributed by atoms with E-state index < -0.39 is 5.97 Å². The van der Waals surface area contributed by atoms with Crippen molar-refractivity contribution in [3.63, 3.8) is 0 Å². The summed E-state index contributed by atoms with van der Waals surface area (Å²) < 4.78 is 0. The predicted molar refractivity (Wildman–Crippen MR) is 81.0 cm³/mol. The molecule has 0 spiro atoms. The van der Waals surface area contributed by atoms with Crippen molar-refractivity contribution in [2.75, 3.05) is 17.3 Å². The summed E-state index contributed by atoms with van der Waals surface area (Å²) in [5, 5.41) is 13.2. The third-order valence-electron chi connectivity index (χ3n) is 3.61. The van der Waals surface area contributed by atoms with Gasteiger partial charge in [-0.15, -0.1) is 0 Å². The number of nitrogens with two attached hydrogens (primary N) is 1. The number of nitrogen functional groups attached to an aromatic ring is 1. The van der Waals surface area contributed by atoms with Crippen molar-refractivity contribution < 1.29 is 9.90 Å². The monoisotopic (exact) mass is 280 g/mol. The fourth-order valence-electron chi connectivity index (χ4n) is 2.56. The minimum absolute atomic E-state index is 0.169. The van der Waals surface area contributed by atoms with E-state index in [4.69, 9.17) is 10.8 Å². The number of nitrogens with one attached hydrogen (secondary N) is 1. The van der Waals surface area contributed by atoms with Crippen LogP contribution in [0.3, 0.4) is 0 Å². The molecule has 5 heteroatoms. The van der Waals surface area contributed by atoms with Crippen LogP contribution in [0.5, 0.6) is 0 Å². The maximum absolute atomic E-state index is 11.1. The molecule has 1 fully saturated rings. The van der Waals surface area contributed by atoms with Crippen LogP contribution in [0.2, 0.25) is 0 Å². The molecule has 1 aromatic carbocycles. The lowest BCUT2D eigenvalue weighted by molar-refractivity contribution is 0.0698. The molecule has 0 heterocycles. The fourth-order valence-corrected chi connectivity index (χ4v) is 3.38. The summed E-state index contributed by atoms with van der Waals surface area (Å²) in [6, 6.07) is 5.56. The molecule has 104 valence electrons. The number of anilines is 2. The molecule has 2 rings (SSSR count). The van der Waals surface area contributed by atoms with Crippen molar-refractivity contribution in [3.05, 3.63) is 23.8 Å². The normalized spacial score (nSPS) is 23.0. The molecule has 4 N–H and O–H groups in total. The fraction of sp³-hybridized carbons (Fsp3) is 0.500. The number of benzene rings is 1. The second kappa shape index (κ2) is 6.19. The molecule has 4 nitrogen and oxygen atoms in total. The minimum Gasteiger partial charge on any atom is -0.478 e. The van der Waals surface area contributed by atoms with Crippen LogP contribution in [0.15, 0.2) is 18.2 Å². The number of rotatable bonds is 4. The van der Waals surface area contributed by atoms with Crippen LogP contribution >= 0.6 is 11.8 Å². The molecular formula is C14H20N2O2S. The highest BCUT2D eigenvalue weighted by atomic mass is 32.2. The summed E-state index contributed by atoms with van der Waals surface area (Å²) in [7, 11) is 0. The van der Waals surface area contributed by atoms with Crippen molar-refractivity contribution in [3.8, 4) is 0 Å². The highest BCUT2D eigenvalue weighted by Gasteiger charge is 2.21. The Kier molecular flexibility index (Phi) is 4.58. The Bertz CT molecular complexity index is 465. The first kappa shape index (κ1) is 14.1. The molecule has 1 aliphatic rings. The third kappa shape index (κ3) is 3.56. The first-order chi connectivity index (χ1) is 9.10. The summed E-state index contributed by atoms with van der Waals surface area (Å²) in [4.78, 5) is 11.1. The molecule has 1 saturated carbocycles. The second-order valence-corrected chi connectivity index (χ2v) is 6.11. The molecule has 1 aromatic rings. The van der Waals surface area contributed by atoms with E-state index in [9.17, 15) is 4.79 Å². The van der Waals surface area contributed by atoms with Gasteiger partial charge in [-0.1, -0.05) is 6.42 Å². The van der Waals surface area contributed by atoms with E-state index >= 15 is 0 Å². The maximum atomic E-state index is 11.1. The predicted octanol–water partition coefficient (Wildman–Crippen LogP) is 3.05. The smallest absolute Gasteiger partial charge is 0.337 e. The van der Waals surface area contributed by atoms with Crippen LogP contribution in [-0.4, -0.2) is 28.6 Å². The van der Waals surface area contributed by atoms with Gasteiger partial charge in [-0.05, 0) is 43.7 Å². The third-order valence-corrected chi connectivity index (χ3v) is 4.71. The lowest BCUT2D eigenvalue weighted by atomic mass is 9.94. The lowest BCUT2D eigenvalue weighted by Gasteiger charge is -2.29. The Morgan fingerprint density at radius 3 is 2.95 bits per heavy atom. The van der Waals surface area contributed by atoms with Crippen molar-refractivity contribution in [1.29, 1.82) is 0 Å². The topological polar surface area (TPSA) is 75.3 Å². The van der Waals surface area contributed by atoms with E-state index in [-0.39, 0.29) is 5.56 Å². The van der Waals surface area contributed by atoms with Gasteiger partial charge in [-0.25, -0.2) is 4.79 Å². The molecule has 0 amide bonds. The number of aromatic carboxylic acids is 1. The number of carboxylic acid groups (broad SMARTS) is 1. The highest BCUT2D eigenvalue weighted by molar-refractivity contribution is 7.99. The average Bonchev–Trinajstić information content (AvgIpc) is 2.41. The van der Waals surface area contributed by atoms with Gasteiger partial charge >= 0.3 is 5.97 Å². The van der Waals surface area contributed by atoms with Crippen LogP contribution in [0.4, 0.5) is 11.4 Å². The van der Waals surface area contributed by atoms with Gasteiger partial charge in [0.15, 0.2) is 0 Å². The van der Waals surface area contributed by atoms with Gasteiger partial charge in [0, 0.05) is 22.7 Å². The Morgan fingerprint density at radius 1 is 1.47 bits per heavy atom. The Labute approximate surface area is 117 Å². The summed E-state index contributed by atoms with van der Waals surface area (Å²) >= 11 is 1.92. The summed E-state index contributed by atoms with van der Waals surface area (Å²) in [5.41, 5.74) is 6.98. The van der Waals surface area contributed by atoms with Gasteiger partial charge in [0.25, 0.3) is 0 Å². The molecule has 0 bridgehead atoms. The SMILES string of the molecule is CSC1CCCC(Nc2ccc(N)c(C(=O)O)c2)C1. The first-order valence-corrected chi connectivity index (χ1v) is 7.81. The Morgan fingerprint density at radius 2 is 2.26 bits per heavy atom. The van der Waals surface area contributed by atoms with Crippen LogP contribution < -0.4 is 11.1 Å². The molecule has 1 aliphatic carbocycles. The number of carbonyl (C=O) groups is 1. The Hall–Kier alpha value is -1.36.